The number of benzene rings is 3. The topological polar surface area (TPSA) is 90.1 Å². The minimum atomic E-state index is -0.0848. The summed E-state index contributed by atoms with van der Waals surface area (Å²) in [6, 6.07) is 11.1. The molecule has 0 saturated heterocycles. The maximum Gasteiger partial charge on any atom is 0.252 e. The lowest BCUT2D eigenvalue weighted by molar-refractivity contribution is 0.0967. The Kier molecular flexibility index (Phi) is 2.54. The number of phenols is 1. The number of hydrogen-bond acceptors (Lipinski definition) is 3. The van der Waals surface area contributed by atoms with Crippen LogP contribution in [0.3, 0.4) is 0 Å². The molecule has 3 heterocycles. The summed E-state index contributed by atoms with van der Waals surface area (Å²) < 4.78 is 5.40. The first kappa shape index (κ1) is 14.5. The number of fused-ring (bicyclic) bond motifs is 10. The number of rotatable bonds is 1. The molecular formula is C21H15N3O3. The standard InChI is InChI=1S/C21H15N3O3/c1-27-10-3-5-15-12(7-10)16-13-8-22-21(26)18(13)17-11-6-9(25)2-4-14(11)24-20(17)19(16)23-15/h2-7,23-25H,8H2,1H3,(H,22,26). The fraction of sp³-hybridized carbons (Fsp3) is 0.0952. The SMILES string of the molecule is COc1ccc2[nH]c3c4[nH]c5ccc(O)cc5c4c4c(c3c2c1)CNC4=O. The number of hydrogen-bond donors (Lipinski definition) is 4. The van der Waals surface area contributed by atoms with Crippen LogP contribution in [0.5, 0.6) is 11.5 Å². The zero-order valence-electron chi connectivity index (χ0n) is 14.4. The second kappa shape index (κ2) is 4.73. The highest BCUT2D eigenvalue weighted by Gasteiger charge is 2.29. The maximum atomic E-state index is 12.7. The molecular weight excluding hydrogens is 342 g/mol. The number of aromatic nitrogens is 2. The Labute approximate surface area is 152 Å². The lowest BCUT2D eigenvalue weighted by atomic mass is 9.97. The molecule has 132 valence electrons. The van der Waals surface area contributed by atoms with E-state index in [0.29, 0.717) is 12.1 Å². The Bertz CT molecular complexity index is 1440. The average molecular weight is 357 g/mol. The van der Waals surface area contributed by atoms with Crippen molar-refractivity contribution in [2.75, 3.05) is 7.11 Å². The zero-order valence-corrected chi connectivity index (χ0v) is 14.4. The van der Waals surface area contributed by atoms with Crippen molar-refractivity contribution in [3.05, 3.63) is 47.5 Å². The fourth-order valence-corrected chi connectivity index (χ4v) is 4.39. The van der Waals surface area contributed by atoms with Gasteiger partial charge in [-0.1, -0.05) is 0 Å². The molecule has 6 nitrogen and oxygen atoms in total. The normalized spacial score (nSPS) is 13.7. The van der Waals surface area contributed by atoms with Gasteiger partial charge in [0.1, 0.15) is 11.5 Å². The molecule has 0 unspecified atom stereocenters. The Balaban J connectivity index is 1.92. The Morgan fingerprint density at radius 3 is 2.44 bits per heavy atom. The lowest BCUT2D eigenvalue weighted by Gasteiger charge is -2.04. The van der Waals surface area contributed by atoms with E-state index < -0.39 is 0 Å². The molecule has 0 aliphatic carbocycles. The summed E-state index contributed by atoms with van der Waals surface area (Å²) in [5, 5.41) is 16.7. The molecule has 27 heavy (non-hydrogen) atoms. The van der Waals surface area contributed by atoms with Crippen molar-refractivity contribution in [3.63, 3.8) is 0 Å². The lowest BCUT2D eigenvalue weighted by Crippen LogP contribution is -2.12. The number of aromatic amines is 2. The van der Waals surface area contributed by atoms with E-state index in [-0.39, 0.29) is 11.7 Å². The van der Waals surface area contributed by atoms with Gasteiger partial charge in [-0.2, -0.15) is 0 Å². The van der Waals surface area contributed by atoms with Crippen molar-refractivity contribution >= 4 is 49.5 Å². The molecule has 5 aromatic rings. The number of H-pyrrole nitrogens is 2. The second-order valence-electron chi connectivity index (χ2n) is 6.93. The molecule has 1 aliphatic rings. The van der Waals surface area contributed by atoms with Crippen LogP contribution >= 0.6 is 0 Å². The van der Waals surface area contributed by atoms with Gasteiger partial charge in [0.25, 0.3) is 5.91 Å². The Morgan fingerprint density at radius 1 is 0.963 bits per heavy atom. The number of aromatic hydroxyl groups is 1. The van der Waals surface area contributed by atoms with E-state index in [2.05, 4.69) is 15.3 Å². The first-order chi connectivity index (χ1) is 13.2. The predicted molar refractivity (Wildman–Crippen MR) is 105 cm³/mol. The van der Waals surface area contributed by atoms with E-state index in [4.69, 9.17) is 4.74 Å². The van der Waals surface area contributed by atoms with Gasteiger partial charge in [-0.15, -0.1) is 0 Å². The van der Waals surface area contributed by atoms with Crippen LogP contribution in [0.2, 0.25) is 0 Å². The fourth-order valence-electron chi connectivity index (χ4n) is 4.39. The van der Waals surface area contributed by atoms with E-state index in [1.807, 2.05) is 24.3 Å². The van der Waals surface area contributed by atoms with E-state index in [9.17, 15) is 9.90 Å². The number of carbonyl (C=O) groups is 1. The molecule has 0 atom stereocenters. The smallest absolute Gasteiger partial charge is 0.252 e. The first-order valence-electron chi connectivity index (χ1n) is 8.72. The predicted octanol–water partition coefficient (Wildman–Crippen LogP) is 3.91. The number of carbonyl (C=O) groups excluding carboxylic acids is 1. The van der Waals surface area contributed by atoms with Gasteiger partial charge in [0.05, 0.1) is 23.7 Å². The van der Waals surface area contributed by atoms with Crippen LogP contribution in [0, 0.1) is 0 Å². The van der Waals surface area contributed by atoms with Gasteiger partial charge < -0.3 is 25.1 Å². The molecule has 0 radical (unpaired) electrons. The summed E-state index contributed by atoms with van der Waals surface area (Å²) in [6.07, 6.45) is 0. The molecule has 3 aromatic carbocycles. The number of nitrogens with one attached hydrogen (secondary N) is 3. The van der Waals surface area contributed by atoms with Crippen LogP contribution in [0.4, 0.5) is 0 Å². The van der Waals surface area contributed by atoms with Gasteiger partial charge in [0.2, 0.25) is 0 Å². The van der Waals surface area contributed by atoms with Gasteiger partial charge in [-0.05, 0) is 42.0 Å². The molecule has 0 bridgehead atoms. The van der Waals surface area contributed by atoms with Crippen molar-refractivity contribution in [3.8, 4) is 11.5 Å². The largest absolute Gasteiger partial charge is 0.508 e. The highest BCUT2D eigenvalue weighted by Crippen LogP contribution is 2.42. The molecule has 0 fully saturated rings. The highest BCUT2D eigenvalue weighted by molar-refractivity contribution is 6.30. The first-order valence-corrected chi connectivity index (χ1v) is 8.72. The van der Waals surface area contributed by atoms with Gasteiger partial charge in [-0.25, -0.2) is 0 Å². The summed E-state index contributed by atoms with van der Waals surface area (Å²) in [4.78, 5) is 19.6. The third kappa shape index (κ3) is 1.72. The number of methoxy groups -OCH3 is 1. The highest BCUT2D eigenvalue weighted by atomic mass is 16.5. The third-order valence-corrected chi connectivity index (χ3v) is 5.54. The van der Waals surface area contributed by atoms with Crippen LogP contribution in [0.15, 0.2) is 36.4 Å². The second-order valence-corrected chi connectivity index (χ2v) is 6.93. The molecule has 2 aromatic heterocycles. The average Bonchev–Trinajstić information content (AvgIpc) is 3.34. The third-order valence-electron chi connectivity index (χ3n) is 5.54. The summed E-state index contributed by atoms with van der Waals surface area (Å²) in [7, 11) is 1.65. The van der Waals surface area contributed by atoms with Crippen molar-refractivity contribution in [2.24, 2.45) is 0 Å². The Hall–Kier alpha value is -3.67. The number of phenolic OH excluding ortho intramolecular Hbond substituents is 1. The van der Waals surface area contributed by atoms with Crippen LogP contribution in [-0.2, 0) is 6.54 Å². The van der Waals surface area contributed by atoms with Gasteiger partial charge in [0, 0.05) is 39.1 Å². The monoisotopic (exact) mass is 357 g/mol. The minimum absolute atomic E-state index is 0.0848. The zero-order chi connectivity index (χ0) is 18.3. The molecule has 6 heteroatoms. The quantitative estimate of drug-likeness (QED) is 0.367. The summed E-state index contributed by atoms with van der Waals surface area (Å²) in [5.41, 5.74) is 5.36. The molecule has 0 spiro atoms. The van der Waals surface area contributed by atoms with Crippen molar-refractivity contribution < 1.29 is 14.6 Å². The molecule has 6 rings (SSSR count). The van der Waals surface area contributed by atoms with E-state index in [1.54, 1.807) is 19.2 Å². The summed E-state index contributed by atoms with van der Waals surface area (Å²) >= 11 is 0. The summed E-state index contributed by atoms with van der Waals surface area (Å²) in [6.45, 7) is 0.482. The Morgan fingerprint density at radius 2 is 1.67 bits per heavy atom. The molecule has 0 saturated carbocycles. The minimum Gasteiger partial charge on any atom is -0.508 e. The number of amides is 1. The molecule has 1 aliphatic heterocycles. The van der Waals surface area contributed by atoms with Crippen LogP contribution in [0.1, 0.15) is 15.9 Å². The molecule has 4 N–H and O–H groups in total. The maximum absolute atomic E-state index is 12.7. The van der Waals surface area contributed by atoms with Crippen molar-refractivity contribution in [2.45, 2.75) is 6.54 Å². The van der Waals surface area contributed by atoms with Crippen LogP contribution in [0.25, 0.3) is 43.6 Å². The van der Waals surface area contributed by atoms with E-state index in [1.165, 1.54) is 0 Å². The van der Waals surface area contributed by atoms with Gasteiger partial charge >= 0.3 is 0 Å². The number of ether oxygens (including phenoxy) is 1. The van der Waals surface area contributed by atoms with Crippen molar-refractivity contribution in [1.29, 1.82) is 0 Å². The van der Waals surface area contributed by atoms with Crippen LogP contribution < -0.4 is 10.1 Å². The van der Waals surface area contributed by atoms with Gasteiger partial charge in [0.15, 0.2) is 0 Å². The van der Waals surface area contributed by atoms with Crippen molar-refractivity contribution in [1.82, 2.24) is 15.3 Å². The van der Waals surface area contributed by atoms with E-state index in [0.717, 1.165) is 54.9 Å². The van der Waals surface area contributed by atoms with Gasteiger partial charge in [-0.3, -0.25) is 4.79 Å². The van der Waals surface area contributed by atoms with Crippen LogP contribution in [-0.4, -0.2) is 28.1 Å². The molecule has 1 amide bonds. The van der Waals surface area contributed by atoms with E-state index >= 15 is 0 Å². The summed E-state index contributed by atoms with van der Waals surface area (Å²) in [5.74, 6) is 0.867.